The van der Waals surface area contributed by atoms with Crippen molar-refractivity contribution in [3.63, 3.8) is 0 Å². The lowest BCUT2D eigenvalue weighted by Crippen LogP contribution is -2.11. The summed E-state index contributed by atoms with van der Waals surface area (Å²) in [6.07, 6.45) is 12.7. The molecule has 0 saturated carbocycles. The molecular weight excluding hydrogens is 472 g/mol. The van der Waals surface area contributed by atoms with Crippen LogP contribution in [0.4, 0.5) is 11.6 Å². The molecule has 4 heterocycles. The SMILES string of the molecule is CN(C)c1ncnc2c1ncn2CCCCCOC(=O)CCCCCn1cnc2c(N(C)C)ncnc21. The number of unbranched alkanes of at least 4 members (excludes halogenated alkanes) is 4. The van der Waals surface area contributed by atoms with Crippen molar-refractivity contribution in [1.29, 1.82) is 0 Å². The first-order valence-electron chi connectivity index (χ1n) is 12.8. The number of anilines is 2. The van der Waals surface area contributed by atoms with Gasteiger partial charge in [0.1, 0.15) is 12.7 Å². The summed E-state index contributed by atoms with van der Waals surface area (Å²) in [5, 5.41) is 0. The third kappa shape index (κ3) is 6.49. The number of fused-ring (bicyclic) bond motifs is 2. The molecule has 0 spiro atoms. The number of rotatable bonds is 14. The molecule has 0 aliphatic heterocycles. The van der Waals surface area contributed by atoms with Gasteiger partial charge in [0.15, 0.2) is 34.0 Å². The fourth-order valence-corrected chi connectivity index (χ4v) is 4.27. The summed E-state index contributed by atoms with van der Waals surface area (Å²) in [7, 11) is 7.78. The van der Waals surface area contributed by atoms with Crippen LogP contribution in [0.15, 0.2) is 25.3 Å². The van der Waals surface area contributed by atoms with Crippen molar-refractivity contribution in [2.75, 3.05) is 44.6 Å². The largest absolute Gasteiger partial charge is 0.466 e. The maximum Gasteiger partial charge on any atom is 0.305 e. The summed E-state index contributed by atoms with van der Waals surface area (Å²) in [6.45, 7) is 2.10. The molecule has 0 aromatic carbocycles. The molecule has 0 atom stereocenters. The second-order valence-electron chi connectivity index (χ2n) is 9.50. The summed E-state index contributed by atoms with van der Waals surface area (Å²) in [4.78, 5) is 42.3. The van der Waals surface area contributed by atoms with Crippen molar-refractivity contribution in [3.05, 3.63) is 25.3 Å². The van der Waals surface area contributed by atoms with E-state index in [2.05, 4.69) is 34.5 Å². The molecule has 0 N–H and O–H groups in total. The Balaban J connectivity index is 1.08. The van der Waals surface area contributed by atoms with Gasteiger partial charge in [0.25, 0.3) is 0 Å². The average Bonchev–Trinajstić information content (AvgIpc) is 3.49. The Morgan fingerprint density at radius 2 is 1.22 bits per heavy atom. The Bertz CT molecular complexity index is 1310. The molecule has 37 heavy (non-hydrogen) atoms. The first-order chi connectivity index (χ1) is 18.0. The second-order valence-corrected chi connectivity index (χ2v) is 9.50. The molecule has 12 heteroatoms. The molecular formula is C25H36N10O2. The number of ether oxygens (including phenoxy) is 1. The van der Waals surface area contributed by atoms with Gasteiger partial charge in [0, 0.05) is 47.7 Å². The molecule has 198 valence electrons. The molecule has 0 radical (unpaired) electrons. The Labute approximate surface area is 216 Å². The zero-order chi connectivity index (χ0) is 26.2. The van der Waals surface area contributed by atoms with E-state index in [0.29, 0.717) is 13.0 Å². The van der Waals surface area contributed by atoms with E-state index in [-0.39, 0.29) is 5.97 Å². The number of esters is 1. The molecule has 4 aromatic heterocycles. The van der Waals surface area contributed by atoms with Crippen molar-refractivity contribution in [1.82, 2.24) is 39.0 Å². The van der Waals surface area contributed by atoms with Gasteiger partial charge in [-0.3, -0.25) is 4.79 Å². The van der Waals surface area contributed by atoms with Crippen molar-refractivity contribution in [2.24, 2.45) is 0 Å². The van der Waals surface area contributed by atoms with Crippen LogP contribution in [0, 0.1) is 0 Å². The van der Waals surface area contributed by atoms with Gasteiger partial charge in [-0.05, 0) is 32.1 Å². The number of aromatic nitrogens is 8. The highest BCUT2D eigenvalue weighted by molar-refractivity contribution is 5.83. The quantitative estimate of drug-likeness (QED) is 0.186. The number of aryl methyl sites for hydroxylation is 2. The normalized spacial score (nSPS) is 11.4. The molecule has 0 aliphatic carbocycles. The van der Waals surface area contributed by atoms with Crippen LogP contribution in [-0.4, -0.2) is 79.8 Å². The predicted molar refractivity (Wildman–Crippen MR) is 143 cm³/mol. The summed E-state index contributed by atoms with van der Waals surface area (Å²) >= 11 is 0. The molecule has 4 rings (SSSR count). The van der Waals surface area contributed by atoms with Crippen molar-refractivity contribution >= 4 is 39.9 Å². The van der Waals surface area contributed by atoms with E-state index >= 15 is 0 Å². The van der Waals surface area contributed by atoms with E-state index in [9.17, 15) is 4.79 Å². The van der Waals surface area contributed by atoms with Crippen molar-refractivity contribution in [2.45, 2.75) is 58.0 Å². The van der Waals surface area contributed by atoms with Gasteiger partial charge in [0.05, 0.1) is 19.3 Å². The van der Waals surface area contributed by atoms with Gasteiger partial charge in [-0.25, -0.2) is 29.9 Å². The second kappa shape index (κ2) is 12.4. The summed E-state index contributed by atoms with van der Waals surface area (Å²) < 4.78 is 9.51. The highest BCUT2D eigenvalue weighted by Gasteiger charge is 2.12. The van der Waals surface area contributed by atoms with Crippen LogP contribution in [0.25, 0.3) is 22.3 Å². The first kappa shape index (κ1) is 26.2. The number of nitrogens with zero attached hydrogens (tertiary/aromatic N) is 10. The summed E-state index contributed by atoms with van der Waals surface area (Å²) in [5.41, 5.74) is 3.30. The average molecular weight is 509 g/mol. The maximum absolute atomic E-state index is 12.1. The molecule has 12 nitrogen and oxygen atoms in total. The first-order valence-corrected chi connectivity index (χ1v) is 12.8. The van der Waals surface area contributed by atoms with E-state index < -0.39 is 0 Å². The summed E-state index contributed by atoms with van der Waals surface area (Å²) in [5.74, 6) is 1.51. The Hall–Kier alpha value is -3.83. The lowest BCUT2D eigenvalue weighted by molar-refractivity contribution is -0.143. The van der Waals surface area contributed by atoms with Crippen molar-refractivity contribution in [3.8, 4) is 0 Å². The lowest BCUT2D eigenvalue weighted by Gasteiger charge is -2.11. The smallest absolute Gasteiger partial charge is 0.305 e. The van der Waals surface area contributed by atoms with Crippen molar-refractivity contribution < 1.29 is 9.53 Å². The molecule has 0 amide bonds. The van der Waals surface area contributed by atoms with Crippen LogP contribution in [0.2, 0.25) is 0 Å². The van der Waals surface area contributed by atoms with Gasteiger partial charge in [-0.15, -0.1) is 0 Å². The number of carbonyl (C=O) groups excluding carboxylic acids is 1. The van der Waals surface area contributed by atoms with E-state index in [1.165, 1.54) is 0 Å². The van der Waals surface area contributed by atoms with Crippen LogP contribution in [0.3, 0.4) is 0 Å². The molecule has 0 aliphatic rings. The molecule has 0 fully saturated rings. The number of imidazole rings is 2. The zero-order valence-corrected chi connectivity index (χ0v) is 22.2. The lowest BCUT2D eigenvalue weighted by atomic mass is 10.2. The standard InChI is InChI=1S/C25H36N10O2/c1-32(2)22-20-24(28-15-26-22)34(17-30-20)12-8-5-7-11-19(36)37-14-10-6-9-13-35-18-31-21-23(33(3)4)27-16-29-25(21)35/h15-18H,5-14H2,1-4H3. The van der Waals surface area contributed by atoms with Gasteiger partial charge < -0.3 is 23.7 Å². The minimum absolute atomic E-state index is 0.120. The van der Waals surface area contributed by atoms with Gasteiger partial charge in [-0.2, -0.15) is 0 Å². The zero-order valence-electron chi connectivity index (χ0n) is 22.2. The van der Waals surface area contributed by atoms with Crippen LogP contribution in [-0.2, 0) is 22.6 Å². The van der Waals surface area contributed by atoms with E-state index in [1.54, 1.807) is 12.7 Å². The van der Waals surface area contributed by atoms with E-state index in [4.69, 9.17) is 4.74 Å². The van der Waals surface area contributed by atoms with Gasteiger partial charge in [-0.1, -0.05) is 6.42 Å². The number of hydrogen-bond acceptors (Lipinski definition) is 10. The molecule has 4 aromatic rings. The predicted octanol–water partition coefficient (Wildman–Crippen LogP) is 3.07. The maximum atomic E-state index is 12.1. The van der Waals surface area contributed by atoms with Gasteiger partial charge >= 0.3 is 5.97 Å². The fraction of sp³-hybridized carbons (Fsp3) is 0.560. The van der Waals surface area contributed by atoms with Crippen LogP contribution in [0.1, 0.15) is 44.9 Å². The number of carbonyl (C=O) groups is 1. The number of hydrogen-bond donors (Lipinski definition) is 0. The highest BCUT2D eigenvalue weighted by atomic mass is 16.5. The monoisotopic (exact) mass is 508 g/mol. The topological polar surface area (TPSA) is 120 Å². The summed E-state index contributed by atoms with van der Waals surface area (Å²) in [6, 6.07) is 0. The van der Waals surface area contributed by atoms with Gasteiger partial charge in [0.2, 0.25) is 0 Å². The Morgan fingerprint density at radius 1 is 0.703 bits per heavy atom. The fourth-order valence-electron chi connectivity index (χ4n) is 4.27. The van der Waals surface area contributed by atoms with E-state index in [1.807, 2.05) is 55.2 Å². The minimum atomic E-state index is -0.120. The third-order valence-electron chi connectivity index (χ3n) is 6.20. The third-order valence-corrected chi connectivity index (χ3v) is 6.20. The van der Waals surface area contributed by atoms with Crippen LogP contribution in [0.5, 0.6) is 0 Å². The highest BCUT2D eigenvalue weighted by Crippen LogP contribution is 2.21. The van der Waals surface area contributed by atoms with Crippen LogP contribution < -0.4 is 9.80 Å². The Morgan fingerprint density at radius 3 is 1.73 bits per heavy atom. The van der Waals surface area contributed by atoms with E-state index in [0.717, 1.165) is 85.6 Å². The molecule has 0 unspecified atom stereocenters. The minimum Gasteiger partial charge on any atom is -0.466 e. The Kier molecular flexibility index (Phi) is 8.81. The van der Waals surface area contributed by atoms with Crippen LogP contribution >= 0.6 is 0 Å². The molecule has 0 saturated heterocycles. The molecule has 0 bridgehead atoms.